The van der Waals surface area contributed by atoms with Crippen LogP contribution in [0.15, 0.2) is 46.9 Å². The minimum atomic E-state index is -1.05. The number of hydrogen-bond donors (Lipinski definition) is 2. The zero-order valence-electron chi connectivity index (χ0n) is 17.1. The SMILES string of the molecule is COc1ccc2oc(C(=O)OC(C)C(=O)Nc3ccc(NC(C)=O)cc3)c(C)c2c1. The molecule has 1 heterocycles. The molecule has 156 valence electrons. The fourth-order valence-corrected chi connectivity index (χ4v) is 2.87. The third kappa shape index (κ3) is 4.60. The Kier molecular flexibility index (Phi) is 6.06. The van der Waals surface area contributed by atoms with Crippen LogP contribution in [0.5, 0.6) is 5.75 Å². The summed E-state index contributed by atoms with van der Waals surface area (Å²) in [7, 11) is 1.55. The van der Waals surface area contributed by atoms with Gasteiger partial charge in [0.1, 0.15) is 11.3 Å². The number of rotatable bonds is 6. The Morgan fingerprint density at radius 3 is 2.23 bits per heavy atom. The summed E-state index contributed by atoms with van der Waals surface area (Å²) in [4.78, 5) is 36.0. The lowest BCUT2D eigenvalue weighted by molar-refractivity contribution is -0.123. The first-order chi connectivity index (χ1) is 14.3. The van der Waals surface area contributed by atoms with Crippen molar-refractivity contribution in [2.45, 2.75) is 26.9 Å². The normalized spacial score (nSPS) is 11.6. The monoisotopic (exact) mass is 410 g/mol. The summed E-state index contributed by atoms with van der Waals surface area (Å²) in [5.41, 5.74) is 2.24. The lowest BCUT2D eigenvalue weighted by Gasteiger charge is -2.13. The van der Waals surface area contributed by atoms with E-state index in [1.165, 1.54) is 13.8 Å². The van der Waals surface area contributed by atoms with Crippen LogP contribution in [0.2, 0.25) is 0 Å². The molecule has 3 rings (SSSR count). The van der Waals surface area contributed by atoms with Gasteiger partial charge in [0.05, 0.1) is 7.11 Å². The number of ether oxygens (including phenoxy) is 2. The zero-order chi connectivity index (χ0) is 21.8. The fraction of sp³-hybridized carbons (Fsp3) is 0.227. The Bertz CT molecular complexity index is 1100. The number of aryl methyl sites for hydroxylation is 1. The molecule has 3 aromatic rings. The molecule has 0 saturated carbocycles. The summed E-state index contributed by atoms with van der Waals surface area (Å²) in [6, 6.07) is 11.8. The summed E-state index contributed by atoms with van der Waals surface area (Å²) < 4.78 is 16.1. The first kappa shape index (κ1) is 20.9. The first-order valence-electron chi connectivity index (χ1n) is 9.25. The van der Waals surface area contributed by atoms with E-state index >= 15 is 0 Å². The molecule has 0 fully saturated rings. The third-order valence-electron chi connectivity index (χ3n) is 4.45. The van der Waals surface area contributed by atoms with Gasteiger partial charge in [-0.15, -0.1) is 0 Å². The molecular formula is C22H22N2O6. The van der Waals surface area contributed by atoms with Gasteiger partial charge in [0, 0.05) is 29.2 Å². The Labute approximate surface area is 173 Å². The number of carbonyl (C=O) groups is 3. The Morgan fingerprint density at radius 1 is 1.00 bits per heavy atom. The number of methoxy groups -OCH3 is 1. The molecule has 1 atom stereocenters. The van der Waals surface area contributed by atoms with Crippen LogP contribution in [-0.2, 0) is 14.3 Å². The minimum absolute atomic E-state index is 0.0394. The molecule has 2 aromatic carbocycles. The molecule has 0 spiro atoms. The summed E-state index contributed by atoms with van der Waals surface area (Å²) in [6.45, 7) is 4.62. The van der Waals surface area contributed by atoms with Gasteiger partial charge >= 0.3 is 5.97 Å². The van der Waals surface area contributed by atoms with Gasteiger partial charge < -0.3 is 24.5 Å². The van der Waals surface area contributed by atoms with Crippen LogP contribution in [0.3, 0.4) is 0 Å². The highest BCUT2D eigenvalue weighted by atomic mass is 16.6. The van der Waals surface area contributed by atoms with Crippen molar-refractivity contribution in [2.24, 2.45) is 0 Å². The number of nitrogens with one attached hydrogen (secondary N) is 2. The van der Waals surface area contributed by atoms with E-state index < -0.39 is 18.0 Å². The van der Waals surface area contributed by atoms with Gasteiger partial charge in [-0.05, 0) is 56.3 Å². The molecule has 1 aromatic heterocycles. The molecule has 8 nitrogen and oxygen atoms in total. The van der Waals surface area contributed by atoms with Gasteiger partial charge in [-0.1, -0.05) is 0 Å². The van der Waals surface area contributed by atoms with Crippen LogP contribution in [0.4, 0.5) is 11.4 Å². The van der Waals surface area contributed by atoms with Crippen molar-refractivity contribution in [2.75, 3.05) is 17.7 Å². The van der Waals surface area contributed by atoms with Crippen LogP contribution in [-0.4, -0.2) is 31.0 Å². The predicted octanol–water partition coefficient (Wildman–Crippen LogP) is 3.89. The second-order valence-electron chi connectivity index (χ2n) is 6.71. The van der Waals surface area contributed by atoms with Crippen LogP contribution in [0.1, 0.15) is 30.0 Å². The molecule has 8 heteroatoms. The molecular weight excluding hydrogens is 388 g/mol. The quantitative estimate of drug-likeness (QED) is 0.597. The van der Waals surface area contributed by atoms with Gasteiger partial charge in [0.2, 0.25) is 11.7 Å². The maximum Gasteiger partial charge on any atom is 0.375 e. The maximum atomic E-state index is 12.5. The lowest BCUT2D eigenvalue weighted by atomic mass is 10.1. The minimum Gasteiger partial charge on any atom is -0.497 e. The molecule has 0 radical (unpaired) electrons. The van der Waals surface area contributed by atoms with Crippen molar-refractivity contribution >= 4 is 40.1 Å². The van der Waals surface area contributed by atoms with E-state index in [0.29, 0.717) is 28.3 Å². The second-order valence-corrected chi connectivity index (χ2v) is 6.71. The molecule has 0 aliphatic rings. The standard InChI is InChI=1S/C22H22N2O6/c1-12-18-11-17(28-4)9-10-19(18)30-20(12)22(27)29-13(2)21(26)24-16-7-5-15(6-8-16)23-14(3)25/h5-11,13H,1-4H3,(H,23,25)(H,24,26). The number of esters is 1. The van der Waals surface area contributed by atoms with Crippen LogP contribution in [0, 0.1) is 6.92 Å². The van der Waals surface area contributed by atoms with E-state index in [1.54, 1.807) is 56.5 Å². The molecule has 0 aliphatic carbocycles. The molecule has 2 N–H and O–H groups in total. The Hall–Kier alpha value is -3.81. The number of furan rings is 1. The Morgan fingerprint density at radius 2 is 1.63 bits per heavy atom. The van der Waals surface area contributed by atoms with E-state index in [4.69, 9.17) is 13.9 Å². The average molecular weight is 410 g/mol. The van der Waals surface area contributed by atoms with E-state index in [-0.39, 0.29) is 11.7 Å². The predicted molar refractivity (Wildman–Crippen MR) is 112 cm³/mol. The van der Waals surface area contributed by atoms with Gasteiger partial charge in [0.15, 0.2) is 6.10 Å². The number of benzene rings is 2. The molecule has 0 bridgehead atoms. The van der Waals surface area contributed by atoms with Crippen molar-refractivity contribution in [3.63, 3.8) is 0 Å². The van der Waals surface area contributed by atoms with Crippen molar-refractivity contribution < 1.29 is 28.3 Å². The van der Waals surface area contributed by atoms with Crippen molar-refractivity contribution in [1.29, 1.82) is 0 Å². The first-order valence-corrected chi connectivity index (χ1v) is 9.25. The third-order valence-corrected chi connectivity index (χ3v) is 4.45. The molecule has 1 unspecified atom stereocenters. The summed E-state index contributed by atoms with van der Waals surface area (Å²) in [5.74, 6) is -0.731. The molecule has 0 aliphatic heterocycles. The number of anilines is 2. The van der Waals surface area contributed by atoms with E-state index in [2.05, 4.69) is 10.6 Å². The van der Waals surface area contributed by atoms with Gasteiger partial charge in [-0.2, -0.15) is 0 Å². The van der Waals surface area contributed by atoms with Crippen LogP contribution in [0.25, 0.3) is 11.0 Å². The fourth-order valence-electron chi connectivity index (χ4n) is 2.87. The van der Waals surface area contributed by atoms with Gasteiger partial charge in [-0.25, -0.2) is 4.79 Å². The second kappa shape index (κ2) is 8.69. The molecule has 30 heavy (non-hydrogen) atoms. The summed E-state index contributed by atoms with van der Waals surface area (Å²) >= 11 is 0. The van der Waals surface area contributed by atoms with Crippen molar-refractivity contribution in [3.05, 3.63) is 53.8 Å². The lowest BCUT2D eigenvalue weighted by Crippen LogP contribution is -2.30. The highest BCUT2D eigenvalue weighted by molar-refractivity contribution is 5.99. The van der Waals surface area contributed by atoms with E-state index in [9.17, 15) is 14.4 Å². The molecule has 0 saturated heterocycles. The smallest absolute Gasteiger partial charge is 0.375 e. The summed E-state index contributed by atoms with van der Waals surface area (Å²) in [6.07, 6.45) is -1.05. The van der Waals surface area contributed by atoms with Crippen LogP contribution >= 0.6 is 0 Å². The average Bonchev–Trinajstić information content (AvgIpc) is 3.05. The van der Waals surface area contributed by atoms with Crippen LogP contribution < -0.4 is 15.4 Å². The Balaban J connectivity index is 1.66. The topological polar surface area (TPSA) is 107 Å². The number of fused-ring (bicyclic) bond motifs is 1. The zero-order valence-corrected chi connectivity index (χ0v) is 17.1. The van der Waals surface area contributed by atoms with E-state index in [1.807, 2.05) is 0 Å². The van der Waals surface area contributed by atoms with Gasteiger partial charge in [-0.3, -0.25) is 9.59 Å². The van der Waals surface area contributed by atoms with Gasteiger partial charge in [0.25, 0.3) is 5.91 Å². The van der Waals surface area contributed by atoms with Crippen molar-refractivity contribution in [3.8, 4) is 5.75 Å². The highest BCUT2D eigenvalue weighted by Crippen LogP contribution is 2.29. The van der Waals surface area contributed by atoms with Crippen molar-refractivity contribution in [1.82, 2.24) is 0 Å². The maximum absolute atomic E-state index is 12.5. The highest BCUT2D eigenvalue weighted by Gasteiger charge is 2.24. The van der Waals surface area contributed by atoms with E-state index in [0.717, 1.165) is 5.39 Å². The number of amides is 2. The number of hydrogen-bond acceptors (Lipinski definition) is 6. The number of carbonyl (C=O) groups excluding carboxylic acids is 3. The molecule has 2 amide bonds. The summed E-state index contributed by atoms with van der Waals surface area (Å²) in [5, 5.41) is 6.03. The largest absolute Gasteiger partial charge is 0.497 e.